The SMILES string of the molecule is O=C(Cn1nnc(-c2ccc(Cl)cc2)n1)NCCO. The molecule has 2 rings (SSSR count). The van der Waals surface area contributed by atoms with Gasteiger partial charge in [-0.25, -0.2) is 0 Å². The summed E-state index contributed by atoms with van der Waals surface area (Å²) in [5.41, 5.74) is 0.770. The third-order valence-corrected chi connectivity index (χ3v) is 2.53. The number of hydrogen-bond acceptors (Lipinski definition) is 5. The van der Waals surface area contributed by atoms with Gasteiger partial charge in [0.15, 0.2) is 0 Å². The third-order valence-electron chi connectivity index (χ3n) is 2.27. The van der Waals surface area contributed by atoms with Gasteiger partial charge in [0, 0.05) is 17.1 Å². The van der Waals surface area contributed by atoms with E-state index in [1.807, 2.05) is 0 Å². The van der Waals surface area contributed by atoms with Gasteiger partial charge in [-0.05, 0) is 29.5 Å². The van der Waals surface area contributed by atoms with E-state index in [0.717, 1.165) is 5.56 Å². The predicted molar refractivity (Wildman–Crippen MR) is 68.4 cm³/mol. The fraction of sp³-hybridized carbons (Fsp3) is 0.273. The van der Waals surface area contributed by atoms with Crippen LogP contribution < -0.4 is 5.32 Å². The quantitative estimate of drug-likeness (QED) is 0.811. The van der Waals surface area contributed by atoms with Gasteiger partial charge in [0.25, 0.3) is 0 Å². The summed E-state index contributed by atoms with van der Waals surface area (Å²) >= 11 is 5.79. The topological polar surface area (TPSA) is 92.9 Å². The molecule has 1 heterocycles. The summed E-state index contributed by atoms with van der Waals surface area (Å²) in [6.45, 7) is 0.0602. The van der Waals surface area contributed by atoms with Crippen molar-refractivity contribution in [2.45, 2.75) is 6.54 Å². The number of rotatable bonds is 5. The molecule has 0 saturated carbocycles. The Morgan fingerprint density at radius 2 is 2.11 bits per heavy atom. The maximum absolute atomic E-state index is 11.4. The Morgan fingerprint density at radius 3 is 2.79 bits per heavy atom. The van der Waals surface area contributed by atoms with E-state index in [1.165, 1.54) is 4.80 Å². The van der Waals surface area contributed by atoms with Crippen LogP contribution in [0.5, 0.6) is 0 Å². The summed E-state index contributed by atoms with van der Waals surface area (Å²) in [7, 11) is 0. The Balaban J connectivity index is 2.02. The molecule has 0 bridgehead atoms. The van der Waals surface area contributed by atoms with Crippen molar-refractivity contribution in [3.63, 3.8) is 0 Å². The smallest absolute Gasteiger partial charge is 0.243 e. The number of amides is 1. The standard InChI is InChI=1S/C11H12ClN5O2/c12-9-3-1-8(2-4-9)11-14-16-17(15-11)7-10(19)13-5-6-18/h1-4,18H,5-7H2,(H,13,19). The van der Waals surface area contributed by atoms with E-state index in [9.17, 15) is 4.79 Å². The molecular weight excluding hydrogens is 270 g/mol. The number of tetrazole rings is 1. The van der Waals surface area contributed by atoms with Crippen molar-refractivity contribution >= 4 is 17.5 Å². The van der Waals surface area contributed by atoms with Crippen molar-refractivity contribution in [3.05, 3.63) is 29.3 Å². The van der Waals surface area contributed by atoms with Gasteiger partial charge in [0.05, 0.1) is 6.61 Å². The second-order valence-electron chi connectivity index (χ2n) is 3.72. The Kier molecular flexibility index (Phi) is 4.43. The average molecular weight is 282 g/mol. The zero-order valence-corrected chi connectivity index (χ0v) is 10.7. The number of nitrogens with zero attached hydrogens (tertiary/aromatic N) is 4. The number of benzene rings is 1. The maximum Gasteiger partial charge on any atom is 0.243 e. The van der Waals surface area contributed by atoms with Crippen LogP contribution in [0.2, 0.25) is 5.02 Å². The molecule has 100 valence electrons. The highest BCUT2D eigenvalue weighted by atomic mass is 35.5. The second kappa shape index (κ2) is 6.26. The van der Waals surface area contributed by atoms with Crippen molar-refractivity contribution in [2.24, 2.45) is 0 Å². The summed E-state index contributed by atoms with van der Waals surface area (Å²) in [5.74, 6) is 0.140. The highest BCUT2D eigenvalue weighted by Crippen LogP contribution is 2.16. The lowest BCUT2D eigenvalue weighted by molar-refractivity contribution is -0.122. The van der Waals surface area contributed by atoms with Gasteiger partial charge in [-0.15, -0.1) is 10.2 Å². The van der Waals surface area contributed by atoms with E-state index < -0.39 is 0 Å². The molecule has 0 aliphatic rings. The average Bonchev–Trinajstić information content (AvgIpc) is 2.85. The number of nitrogens with one attached hydrogen (secondary N) is 1. The number of aliphatic hydroxyl groups excluding tert-OH is 1. The molecule has 0 aliphatic heterocycles. The molecule has 8 heteroatoms. The molecule has 0 aliphatic carbocycles. The van der Waals surface area contributed by atoms with Crippen LogP contribution in [-0.2, 0) is 11.3 Å². The molecule has 0 saturated heterocycles. The van der Waals surface area contributed by atoms with Crippen LogP contribution in [0.3, 0.4) is 0 Å². The third kappa shape index (κ3) is 3.73. The van der Waals surface area contributed by atoms with Crippen molar-refractivity contribution in [1.82, 2.24) is 25.5 Å². The second-order valence-corrected chi connectivity index (χ2v) is 4.16. The van der Waals surface area contributed by atoms with Crippen molar-refractivity contribution in [2.75, 3.05) is 13.2 Å². The Labute approximate surface area is 114 Å². The van der Waals surface area contributed by atoms with Crippen LogP contribution in [0.15, 0.2) is 24.3 Å². The first kappa shape index (κ1) is 13.4. The number of carbonyl (C=O) groups excluding carboxylic acids is 1. The molecule has 7 nitrogen and oxygen atoms in total. The van der Waals surface area contributed by atoms with Crippen LogP contribution in [0, 0.1) is 0 Å². The fourth-order valence-corrected chi connectivity index (χ4v) is 1.53. The monoisotopic (exact) mass is 281 g/mol. The number of aromatic nitrogens is 4. The summed E-state index contributed by atoms with van der Waals surface area (Å²) in [6.07, 6.45) is 0. The van der Waals surface area contributed by atoms with Crippen LogP contribution in [-0.4, -0.2) is 44.4 Å². The highest BCUT2D eigenvalue weighted by molar-refractivity contribution is 6.30. The van der Waals surface area contributed by atoms with Crippen molar-refractivity contribution in [3.8, 4) is 11.4 Å². The molecular formula is C11H12ClN5O2. The largest absolute Gasteiger partial charge is 0.395 e. The van der Waals surface area contributed by atoms with Crippen LogP contribution in [0.25, 0.3) is 11.4 Å². The number of aliphatic hydroxyl groups is 1. The van der Waals surface area contributed by atoms with Crippen LogP contribution in [0.4, 0.5) is 0 Å². The zero-order chi connectivity index (χ0) is 13.7. The van der Waals surface area contributed by atoms with Gasteiger partial charge >= 0.3 is 0 Å². The van der Waals surface area contributed by atoms with Crippen molar-refractivity contribution < 1.29 is 9.90 Å². The van der Waals surface area contributed by atoms with E-state index in [1.54, 1.807) is 24.3 Å². The first-order chi connectivity index (χ1) is 9.19. The Bertz CT molecular complexity index is 554. The minimum absolute atomic E-state index is 0.0411. The summed E-state index contributed by atoms with van der Waals surface area (Å²) in [6, 6.07) is 7.00. The molecule has 0 spiro atoms. The van der Waals surface area contributed by atoms with Gasteiger partial charge in [-0.2, -0.15) is 4.80 Å². The van der Waals surface area contributed by atoms with E-state index in [0.29, 0.717) is 10.8 Å². The Morgan fingerprint density at radius 1 is 1.37 bits per heavy atom. The van der Waals surface area contributed by atoms with E-state index >= 15 is 0 Å². The molecule has 19 heavy (non-hydrogen) atoms. The van der Waals surface area contributed by atoms with E-state index in [-0.39, 0.29) is 25.6 Å². The predicted octanol–water partition coefficient (Wildman–Crippen LogP) is 0.102. The molecule has 1 amide bonds. The number of carbonyl (C=O) groups is 1. The van der Waals surface area contributed by atoms with Crippen LogP contribution >= 0.6 is 11.6 Å². The molecule has 2 aromatic rings. The first-order valence-electron chi connectivity index (χ1n) is 5.60. The lowest BCUT2D eigenvalue weighted by atomic mass is 10.2. The molecule has 0 unspecified atom stereocenters. The summed E-state index contributed by atoms with van der Waals surface area (Å²) in [4.78, 5) is 12.6. The fourth-order valence-electron chi connectivity index (χ4n) is 1.40. The van der Waals surface area contributed by atoms with Gasteiger partial charge in [-0.3, -0.25) is 4.79 Å². The molecule has 0 atom stereocenters. The summed E-state index contributed by atoms with van der Waals surface area (Å²) < 4.78 is 0. The summed E-state index contributed by atoms with van der Waals surface area (Å²) in [5, 5.41) is 23.4. The number of halogens is 1. The number of hydrogen-bond donors (Lipinski definition) is 2. The van der Waals surface area contributed by atoms with Crippen LogP contribution in [0.1, 0.15) is 0 Å². The molecule has 2 N–H and O–H groups in total. The molecule has 1 aromatic heterocycles. The Hall–Kier alpha value is -1.99. The van der Waals surface area contributed by atoms with E-state index in [4.69, 9.17) is 16.7 Å². The maximum atomic E-state index is 11.4. The molecule has 0 fully saturated rings. The molecule has 1 aromatic carbocycles. The van der Waals surface area contributed by atoms with Gasteiger partial charge < -0.3 is 10.4 Å². The first-order valence-corrected chi connectivity index (χ1v) is 5.98. The minimum Gasteiger partial charge on any atom is -0.395 e. The lowest BCUT2D eigenvalue weighted by Crippen LogP contribution is -2.30. The van der Waals surface area contributed by atoms with Gasteiger partial charge in [0.1, 0.15) is 6.54 Å². The van der Waals surface area contributed by atoms with E-state index in [2.05, 4.69) is 20.7 Å². The normalized spacial score (nSPS) is 10.4. The molecule has 0 radical (unpaired) electrons. The van der Waals surface area contributed by atoms with Gasteiger partial charge in [0.2, 0.25) is 11.7 Å². The van der Waals surface area contributed by atoms with Crippen molar-refractivity contribution in [1.29, 1.82) is 0 Å². The van der Waals surface area contributed by atoms with Gasteiger partial charge in [-0.1, -0.05) is 11.6 Å². The highest BCUT2D eigenvalue weighted by Gasteiger charge is 2.08. The zero-order valence-electron chi connectivity index (χ0n) is 9.95. The minimum atomic E-state index is -0.283. The lowest BCUT2D eigenvalue weighted by Gasteiger charge is -2.00.